The molecule has 1 N–H and O–H groups in total. The van der Waals surface area contributed by atoms with Crippen LogP contribution in [0.5, 0.6) is 0 Å². The van der Waals surface area contributed by atoms with Crippen LogP contribution < -0.4 is 0 Å². The number of aromatic amines is 1. The van der Waals surface area contributed by atoms with Crippen LogP contribution in [0.4, 0.5) is 0 Å². The Morgan fingerprint density at radius 2 is 2.09 bits per heavy atom. The molecule has 0 aromatic carbocycles. The van der Waals surface area contributed by atoms with E-state index in [9.17, 15) is 0 Å². The van der Waals surface area contributed by atoms with Gasteiger partial charge in [0.1, 0.15) is 5.82 Å². The van der Waals surface area contributed by atoms with Crippen LogP contribution in [0, 0.1) is 0 Å². The molecule has 0 saturated heterocycles. The molecule has 0 aliphatic heterocycles. The fraction of sp³-hybridized carbons (Fsp3) is 0.500. The minimum atomic E-state index is 0.0360. The summed E-state index contributed by atoms with van der Waals surface area (Å²) in [5, 5.41) is 6.81. The Labute approximate surface area is 66.5 Å². The Balaban J connectivity index is 2.98. The third kappa shape index (κ3) is 1.67. The molecule has 0 aliphatic carbocycles. The van der Waals surface area contributed by atoms with Crippen LogP contribution in [-0.2, 0) is 5.41 Å². The molecule has 0 saturated carbocycles. The molecular formula is C8H13N3. The van der Waals surface area contributed by atoms with Crippen molar-refractivity contribution in [2.75, 3.05) is 0 Å². The number of hydrogen-bond acceptors (Lipinski definition) is 2. The van der Waals surface area contributed by atoms with E-state index < -0.39 is 0 Å². The second-order valence-electron chi connectivity index (χ2n) is 3.50. The summed E-state index contributed by atoms with van der Waals surface area (Å²) in [4.78, 5) is 4.22. The molecule has 0 spiro atoms. The number of H-pyrrole nitrogens is 1. The summed E-state index contributed by atoms with van der Waals surface area (Å²) in [6.45, 7) is 9.83. The Morgan fingerprint density at radius 3 is 2.36 bits per heavy atom. The van der Waals surface area contributed by atoms with E-state index in [1.807, 2.05) is 0 Å². The molecule has 0 radical (unpaired) electrons. The average molecular weight is 151 g/mol. The van der Waals surface area contributed by atoms with E-state index in [0.717, 1.165) is 5.82 Å². The van der Waals surface area contributed by atoms with Gasteiger partial charge in [-0.15, -0.1) is 0 Å². The van der Waals surface area contributed by atoms with E-state index in [1.165, 1.54) is 0 Å². The second kappa shape index (κ2) is 2.49. The molecule has 0 bridgehead atoms. The lowest BCUT2D eigenvalue weighted by Crippen LogP contribution is -2.13. The molecule has 1 heterocycles. The lowest BCUT2D eigenvalue weighted by molar-refractivity contribution is 0.548. The van der Waals surface area contributed by atoms with Crippen LogP contribution in [0.2, 0.25) is 0 Å². The summed E-state index contributed by atoms with van der Waals surface area (Å²) in [6, 6.07) is 0. The first-order valence-electron chi connectivity index (χ1n) is 3.59. The van der Waals surface area contributed by atoms with Gasteiger partial charge in [0.2, 0.25) is 0 Å². The summed E-state index contributed by atoms with van der Waals surface area (Å²) in [5.74, 6) is 1.56. The number of nitrogens with one attached hydrogen (secondary N) is 1. The first kappa shape index (κ1) is 7.98. The van der Waals surface area contributed by atoms with Crippen LogP contribution in [0.1, 0.15) is 32.4 Å². The molecule has 60 valence electrons. The fourth-order valence-electron chi connectivity index (χ4n) is 0.701. The maximum atomic E-state index is 4.22. The summed E-state index contributed by atoms with van der Waals surface area (Å²) in [5.41, 5.74) is 0.0360. The Hall–Kier alpha value is -1.12. The zero-order chi connectivity index (χ0) is 8.48. The van der Waals surface area contributed by atoms with E-state index in [-0.39, 0.29) is 5.41 Å². The van der Waals surface area contributed by atoms with Gasteiger partial charge in [-0.05, 0) is 6.08 Å². The van der Waals surface area contributed by atoms with Gasteiger partial charge in [-0.2, -0.15) is 5.10 Å². The van der Waals surface area contributed by atoms with Gasteiger partial charge in [-0.3, -0.25) is 5.10 Å². The summed E-state index contributed by atoms with van der Waals surface area (Å²) in [6.07, 6.45) is 1.63. The van der Waals surface area contributed by atoms with Gasteiger partial charge in [0.25, 0.3) is 0 Å². The zero-order valence-electron chi connectivity index (χ0n) is 7.18. The molecule has 0 fully saturated rings. The predicted octanol–water partition coefficient (Wildman–Crippen LogP) is 1.75. The molecule has 1 rings (SSSR count). The topological polar surface area (TPSA) is 41.6 Å². The first-order valence-corrected chi connectivity index (χ1v) is 3.59. The number of hydrogen-bond donors (Lipinski definition) is 1. The largest absolute Gasteiger partial charge is 0.262 e. The third-order valence-electron chi connectivity index (χ3n) is 1.40. The summed E-state index contributed by atoms with van der Waals surface area (Å²) < 4.78 is 0. The number of rotatable bonds is 1. The lowest BCUT2D eigenvalue weighted by atomic mass is 9.96. The van der Waals surface area contributed by atoms with Crippen LogP contribution in [0.15, 0.2) is 6.58 Å². The van der Waals surface area contributed by atoms with Crippen LogP contribution in [-0.4, -0.2) is 15.2 Å². The summed E-state index contributed by atoms with van der Waals surface area (Å²) in [7, 11) is 0. The maximum absolute atomic E-state index is 4.22. The van der Waals surface area contributed by atoms with Crippen LogP contribution in [0.3, 0.4) is 0 Å². The van der Waals surface area contributed by atoms with Crippen molar-refractivity contribution in [1.82, 2.24) is 15.2 Å². The molecule has 0 aliphatic rings. The number of aromatic nitrogens is 3. The molecule has 3 heteroatoms. The van der Waals surface area contributed by atoms with Crippen molar-refractivity contribution in [3.8, 4) is 0 Å². The SMILES string of the molecule is C=Cc1n[nH]c(C(C)(C)C)n1. The molecule has 0 unspecified atom stereocenters. The highest BCUT2D eigenvalue weighted by molar-refractivity contribution is 5.35. The summed E-state index contributed by atoms with van der Waals surface area (Å²) >= 11 is 0. The normalized spacial score (nSPS) is 11.5. The second-order valence-corrected chi connectivity index (χ2v) is 3.50. The molecule has 1 aromatic rings. The molecular weight excluding hydrogens is 138 g/mol. The predicted molar refractivity (Wildman–Crippen MR) is 45.2 cm³/mol. The average Bonchev–Trinajstić information content (AvgIpc) is 2.32. The van der Waals surface area contributed by atoms with E-state index >= 15 is 0 Å². The fourth-order valence-corrected chi connectivity index (χ4v) is 0.701. The van der Waals surface area contributed by atoms with E-state index in [2.05, 4.69) is 42.5 Å². The quantitative estimate of drug-likeness (QED) is 0.664. The Bertz CT molecular complexity index is 255. The monoisotopic (exact) mass is 151 g/mol. The van der Waals surface area contributed by atoms with E-state index in [1.54, 1.807) is 6.08 Å². The van der Waals surface area contributed by atoms with Crippen molar-refractivity contribution in [3.05, 3.63) is 18.2 Å². The van der Waals surface area contributed by atoms with Gasteiger partial charge in [0, 0.05) is 5.41 Å². The van der Waals surface area contributed by atoms with Gasteiger partial charge in [-0.25, -0.2) is 4.98 Å². The van der Waals surface area contributed by atoms with Crippen LogP contribution >= 0.6 is 0 Å². The van der Waals surface area contributed by atoms with Crippen molar-refractivity contribution in [3.63, 3.8) is 0 Å². The molecule has 3 nitrogen and oxygen atoms in total. The third-order valence-corrected chi connectivity index (χ3v) is 1.40. The van der Waals surface area contributed by atoms with Crippen molar-refractivity contribution in [2.24, 2.45) is 0 Å². The molecule has 0 amide bonds. The Kier molecular flexibility index (Phi) is 1.81. The van der Waals surface area contributed by atoms with Crippen molar-refractivity contribution in [2.45, 2.75) is 26.2 Å². The highest BCUT2D eigenvalue weighted by Crippen LogP contribution is 2.17. The lowest BCUT2D eigenvalue weighted by Gasteiger charge is -2.12. The smallest absolute Gasteiger partial charge is 0.173 e. The van der Waals surface area contributed by atoms with Gasteiger partial charge in [0.05, 0.1) is 0 Å². The molecule has 11 heavy (non-hydrogen) atoms. The highest BCUT2D eigenvalue weighted by Gasteiger charge is 2.17. The van der Waals surface area contributed by atoms with Gasteiger partial charge in [-0.1, -0.05) is 27.4 Å². The highest BCUT2D eigenvalue weighted by atomic mass is 15.2. The van der Waals surface area contributed by atoms with Crippen molar-refractivity contribution in [1.29, 1.82) is 0 Å². The van der Waals surface area contributed by atoms with Gasteiger partial charge < -0.3 is 0 Å². The zero-order valence-corrected chi connectivity index (χ0v) is 7.18. The van der Waals surface area contributed by atoms with Gasteiger partial charge >= 0.3 is 0 Å². The van der Waals surface area contributed by atoms with Crippen LogP contribution in [0.25, 0.3) is 6.08 Å². The van der Waals surface area contributed by atoms with Crippen molar-refractivity contribution >= 4 is 6.08 Å². The minimum Gasteiger partial charge on any atom is -0.262 e. The number of nitrogens with zero attached hydrogens (tertiary/aromatic N) is 2. The maximum Gasteiger partial charge on any atom is 0.173 e. The van der Waals surface area contributed by atoms with Crippen molar-refractivity contribution < 1.29 is 0 Å². The van der Waals surface area contributed by atoms with E-state index in [0.29, 0.717) is 5.82 Å². The minimum absolute atomic E-state index is 0.0360. The molecule has 0 atom stereocenters. The molecule has 1 aromatic heterocycles. The first-order chi connectivity index (χ1) is 5.04. The van der Waals surface area contributed by atoms with Gasteiger partial charge in [0.15, 0.2) is 5.82 Å². The Morgan fingerprint density at radius 1 is 1.45 bits per heavy atom. The van der Waals surface area contributed by atoms with E-state index in [4.69, 9.17) is 0 Å². The standard InChI is InChI=1S/C8H13N3/c1-5-6-9-7(11-10-6)8(2,3)4/h5H,1H2,2-4H3,(H,9,10,11).